The number of benzene rings is 1. The van der Waals surface area contributed by atoms with Crippen molar-refractivity contribution in [3.05, 3.63) is 70.0 Å². The van der Waals surface area contributed by atoms with Crippen LogP contribution in [0.25, 0.3) is 11.3 Å². The molecule has 9 heteroatoms. The smallest absolute Gasteiger partial charge is 0.258 e. The maximum atomic E-state index is 15.4. The first-order valence-electron chi connectivity index (χ1n) is 12.5. The second-order valence-corrected chi connectivity index (χ2v) is 9.88. The monoisotopic (exact) mass is 518 g/mol. The van der Waals surface area contributed by atoms with Crippen LogP contribution in [0.15, 0.2) is 36.8 Å². The van der Waals surface area contributed by atoms with Gasteiger partial charge >= 0.3 is 0 Å². The number of anilines is 1. The molecule has 1 aliphatic carbocycles. The van der Waals surface area contributed by atoms with Gasteiger partial charge in [0, 0.05) is 50.0 Å². The molecule has 1 saturated heterocycles. The number of piperazine rings is 1. The first kappa shape index (κ1) is 25.1. The number of carbonyl (C=O) groups excluding carboxylic acids is 1. The van der Waals surface area contributed by atoms with Crippen molar-refractivity contribution in [2.24, 2.45) is 5.92 Å². The quantitative estimate of drug-likeness (QED) is 0.513. The number of aromatic nitrogens is 3. The normalized spacial score (nSPS) is 15.8. The Morgan fingerprint density at radius 1 is 1.14 bits per heavy atom. The lowest BCUT2D eigenvalue weighted by atomic mass is 10.0. The summed E-state index contributed by atoms with van der Waals surface area (Å²) in [6.45, 7) is 5.77. The van der Waals surface area contributed by atoms with E-state index < -0.39 is 5.82 Å². The molecular formula is C28H28ClFN6O. The third-order valence-corrected chi connectivity index (χ3v) is 7.08. The summed E-state index contributed by atoms with van der Waals surface area (Å²) in [7, 11) is 0. The molecule has 3 aromatic rings. The molecule has 1 aliphatic heterocycles. The molecule has 0 spiro atoms. The number of halogens is 2. The molecule has 2 N–H and O–H groups in total. The molecule has 2 fully saturated rings. The molecule has 1 amide bonds. The minimum atomic E-state index is -0.675. The number of rotatable bonds is 5. The van der Waals surface area contributed by atoms with E-state index in [0.29, 0.717) is 47.7 Å². The molecule has 2 aromatic heterocycles. The fourth-order valence-electron chi connectivity index (χ4n) is 4.53. The largest absolute Gasteiger partial charge is 0.384 e. The standard InChI is InChI=1S/C28H28ClFN6O/c1-2-24-21(7-5-18-6-8-25(31)32-15-18)27(34-17-33-24)20-13-22(29)26(23(30)14-20)28(37)36-11-9-35(10-12-36)16-19-3-4-19/h6,8,13-15,17,19H,2-4,9-12,16H2,1H3,(H2,31,32). The molecule has 0 bridgehead atoms. The molecule has 0 unspecified atom stereocenters. The van der Waals surface area contributed by atoms with Gasteiger partial charge in [0.1, 0.15) is 18.0 Å². The van der Waals surface area contributed by atoms with Crippen LogP contribution in [0, 0.1) is 23.6 Å². The Bertz CT molecular complexity index is 1350. The van der Waals surface area contributed by atoms with Gasteiger partial charge in [0.15, 0.2) is 0 Å². The molecule has 0 radical (unpaired) electrons. The fraction of sp³-hybridized carbons (Fsp3) is 0.357. The Morgan fingerprint density at radius 2 is 1.92 bits per heavy atom. The first-order chi connectivity index (χ1) is 17.9. The third-order valence-electron chi connectivity index (χ3n) is 6.78. The van der Waals surface area contributed by atoms with Crippen LogP contribution >= 0.6 is 11.6 Å². The lowest BCUT2D eigenvalue weighted by Gasteiger charge is -2.35. The van der Waals surface area contributed by atoms with Gasteiger partial charge in [0.05, 0.1) is 27.5 Å². The maximum absolute atomic E-state index is 15.4. The number of carbonyl (C=O) groups is 1. The van der Waals surface area contributed by atoms with Crippen molar-refractivity contribution in [2.75, 3.05) is 38.5 Å². The first-order valence-corrected chi connectivity index (χ1v) is 12.9. The Labute approximate surface area is 220 Å². The topological polar surface area (TPSA) is 88.2 Å². The Hall–Kier alpha value is -3.54. The van der Waals surface area contributed by atoms with Crippen LogP contribution in [0.2, 0.25) is 5.02 Å². The number of amides is 1. The van der Waals surface area contributed by atoms with E-state index in [0.717, 1.165) is 31.2 Å². The van der Waals surface area contributed by atoms with E-state index in [1.807, 2.05) is 6.92 Å². The molecule has 1 saturated carbocycles. The van der Waals surface area contributed by atoms with Gasteiger partial charge in [-0.3, -0.25) is 9.69 Å². The Kier molecular flexibility index (Phi) is 7.36. The van der Waals surface area contributed by atoms with Gasteiger partial charge in [-0.1, -0.05) is 30.4 Å². The zero-order valence-corrected chi connectivity index (χ0v) is 21.4. The van der Waals surface area contributed by atoms with E-state index in [1.165, 1.54) is 25.2 Å². The summed E-state index contributed by atoms with van der Waals surface area (Å²) in [6.07, 6.45) is 6.21. The summed E-state index contributed by atoms with van der Waals surface area (Å²) >= 11 is 6.52. The van der Waals surface area contributed by atoms with E-state index in [2.05, 4.69) is 31.7 Å². The number of pyridine rings is 1. The number of aryl methyl sites for hydroxylation is 1. The Morgan fingerprint density at radius 3 is 2.57 bits per heavy atom. The van der Waals surface area contributed by atoms with Crippen molar-refractivity contribution in [3.8, 4) is 23.1 Å². The van der Waals surface area contributed by atoms with Crippen LogP contribution < -0.4 is 5.73 Å². The van der Waals surface area contributed by atoms with Gasteiger partial charge in [0.2, 0.25) is 0 Å². The van der Waals surface area contributed by atoms with Crippen molar-refractivity contribution in [3.63, 3.8) is 0 Å². The average molecular weight is 519 g/mol. The van der Waals surface area contributed by atoms with Crippen LogP contribution in [0.4, 0.5) is 10.2 Å². The molecule has 7 nitrogen and oxygen atoms in total. The highest BCUT2D eigenvalue weighted by molar-refractivity contribution is 6.34. The maximum Gasteiger partial charge on any atom is 0.258 e. The van der Waals surface area contributed by atoms with Gasteiger partial charge in [-0.2, -0.15) is 0 Å². The van der Waals surface area contributed by atoms with E-state index in [1.54, 1.807) is 29.3 Å². The molecule has 190 valence electrons. The zero-order valence-electron chi connectivity index (χ0n) is 20.7. The molecule has 37 heavy (non-hydrogen) atoms. The highest BCUT2D eigenvalue weighted by Crippen LogP contribution is 2.32. The van der Waals surface area contributed by atoms with Crippen molar-refractivity contribution < 1.29 is 9.18 Å². The van der Waals surface area contributed by atoms with Crippen LogP contribution in [0.1, 0.15) is 46.9 Å². The van der Waals surface area contributed by atoms with Crippen molar-refractivity contribution >= 4 is 23.3 Å². The molecule has 5 rings (SSSR count). The van der Waals surface area contributed by atoms with E-state index in [-0.39, 0.29) is 16.5 Å². The SMILES string of the molecule is CCc1ncnc(-c2cc(F)c(C(=O)N3CCN(CC4CC4)CC3)c(Cl)c2)c1C#Cc1ccc(N)nc1. The summed E-state index contributed by atoms with van der Waals surface area (Å²) in [5.41, 5.74) is 8.41. The predicted octanol–water partition coefficient (Wildman–Crippen LogP) is 4.04. The molecule has 2 aliphatic rings. The summed E-state index contributed by atoms with van der Waals surface area (Å²) in [6, 6.07) is 6.33. The molecule has 3 heterocycles. The van der Waals surface area contributed by atoms with Gasteiger partial charge < -0.3 is 10.6 Å². The average Bonchev–Trinajstić information content (AvgIpc) is 3.72. The lowest BCUT2D eigenvalue weighted by Crippen LogP contribution is -2.49. The number of nitrogen functional groups attached to an aromatic ring is 1. The number of hydrogen-bond acceptors (Lipinski definition) is 6. The van der Waals surface area contributed by atoms with Crippen molar-refractivity contribution in [2.45, 2.75) is 26.2 Å². The van der Waals surface area contributed by atoms with E-state index in [4.69, 9.17) is 17.3 Å². The zero-order chi connectivity index (χ0) is 25.9. The Balaban J connectivity index is 1.42. The van der Waals surface area contributed by atoms with Crippen LogP contribution in [-0.4, -0.2) is 63.4 Å². The third kappa shape index (κ3) is 5.74. The van der Waals surface area contributed by atoms with Gasteiger partial charge in [-0.25, -0.2) is 19.3 Å². The molecule has 1 aromatic carbocycles. The van der Waals surface area contributed by atoms with Crippen molar-refractivity contribution in [1.29, 1.82) is 0 Å². The highest BCUT2D eigenvalue weighted by atomic mass is 35.5. The van der Waals surface area contributed by atoms with Crippen LogP contribution in [-0.2, 0) is 6.42 Å². The summed E-state index contributed by atoms with van der Waals surface area (Å²) in [5.74, 6) is 6.32. The second kappa shape index (κ2) is 10.8. The van der Waals surface area contributed by atoms with E-state index >= 15 is 4.39 Å². The number of nitrogens with zero attached hydrogens (tertiary/aromatic N) is 5. The summed E-state index contributed by atoms with van der Waals surface area (Å²) in [5, 5.41) is 0.0544. The van der Waals surface area contributed by atoms with Gasteiger partial charge in [-0.05, 0) is 49.4 Å². The highest BCUT2D eigenvalue weighted by Gasteiger charge is 2.30. The lowest BCUT2D eigenvalue weighted by molar-refractivity contribution is 0.0627. The molecule has 0 atom stereocenters. The molecular weight excluding hydrogens is 491 g/mol. The number of hydrogen-bond donors (Lipinski definition) is 1. The van der Waals surface area contributed by atoms with Gasteiger partial charge in [0.25, 0.3) is 5.91 Å². The van der Waals surface area contributed by atoms with Crippen LogP contribution in [0.3, 0.4) is 0 Å². The fourth-order valence-corrected chi connectivity index (χ4v) is 4.81. The summed E-state index contributed by atoms with van der Waals surface area (Å²) in [4.78, 5) is 30.1. The minimum absolute atomic E-state index is 0.0544. The second-order valence-electron chi connectivity index (χ2n) is 9.47. The minimum Gasteiger partial charge on any atom is -0.384 e. The van der Waals surface area contributed by atoms with Gasteiger partial charge in [-0.15, -0.1) is 0 Å². The van der Waals surface area contributed by atoms with E-state index in [9.17, 15) is 4.79 Å². The predicted molar refractivity (Wildman–Crippen MR) is 142 cm³/mol. The number of nitrogens with two attached hydrogens (primary N) is 1. The summed E-state index contributed by atoms with van der Waals surface area (Å²) < 4.78 is 15.4. The van der Waals surface area contributed by atoms with Crippen LogP contribution in [0.5, 0.6) is 0 Å². The van der Waals surface area contributed by atoms with Crippen molar-refractivity contribution in [1.82, 2.24) is 24.8 Å².